The summed E-state index contributed by atoms with van der Waals surface area (Å²) >= 11 is 6.05. The van der Waals surface area contributed by atoms with Gasteiger partial charge in [-0.05, 0) is 49.6 Å². The van der Waals surface area contributed by atoms with E-state index in [2.05, 4.69) is 5.10 Å². The van der Waals surface area contributed by atoms with Crippen molar-refractivity contribution < 1.29 is 18.7 Å². The molecule has 0 aliphatic carbocycles. The van der Waals surface area contributed by atoms with E-state index in [1.807, 2.05) is 0 Å². The summed E-state index contributed by atoms with van der Waals surface area (Å²) in [6.45, 7) is 2.05. The maximum Gasteiger partial charge on any atom is 0.352 e. The van der Waals surface area contributed by atoms with Crippen LogP contribution in [0.3, 0.4) is 0 Å². The number of benzene rings is 2. The quantitative estimate of drug-likeness (QED) is 0.468. The van der Waals surface area contributed by atoms with Crippen molar-refractivity contribution in [1.29, 1.82) is 0 Å². The highest BCUT2D eigenvalue weighted by Gasteiger charge is 2.32. The van der Waals surface area contributed by atoms with Gasteiger partial charge >= 0.3 is 11.7 Å². The summed E-state index contributed by atoms with van der Waals surface area (Å²) in [5.41, 5.74) is -2.06. The molecule has 0 bridgehead atoms. The van der Waals surface area contributed by atoms with Crippen molar-refractivity contribution in [1.82, 2.24) is 19.2 Å². The Labute approximate surface area is 210 Å². The van der Waals surface area contributed by atoms with Gasteiger partial charge in [-0.15, -0.1) is 0 Å². The number of halogens is 2. The third-order valence-corrected chi connectivity index (χ3v) is 6.14. The Morgan fingerprint density at radius 2 is 1.94 bits per heavy atom. The number of piperidine rings is 1. The molecule has 0 saturated carbocycles. The molecule has 0 spiro atoms. The molecule has 2 aromatic carbocycles. The first-order chi connectivity index (χ1) is 17.3. The monoisotopic (exact) mass is 514 g/mol. The second kappa shape index (κ2) is 10.9. The molecule has 0 N–H and O–H groups in total. The molecule has 36 heavy (non-hydrogen) atoms. The topological polar surface area (TPSA) is 104 Å². The highest BCUT2D eigenvalue weighted by molar-refractivity contribution is 6.30. The minimum atomic E-state index is -0.921. The number of hydrogen-bond acceptors (Lipinski definition) is 6. The number of rotatable bonds is 6. The molecule has 188 valence electrons. The second-order valence-electron chi connectivity index (χ2n) is 8.36. The van der Waals surface area contributed by atoms with Crippen LogP contribution in [0.15, 0.2) is 58.1 Å². The predicted molar refractivity (Wildman–Crippen MR) is 130 cm³/mol. The van der Waals surface area contributed by atoms with Crippen LogP contribution in [0.4, 0.5) is 4.39 Å². The summed E-state index contributed by atoms with van der Waals surface area (Å²) in [7, 11) is 0. The van der Waals surface area contributed by atoms with Crippen molar-refractivity contribution in [2.45, 2.75) is 26.3 Å². The molecule has 0 unspecified atom stereocenters. The number of ether oxygens (including phenoxy) is 1. The zero-order valence-corrected chi connectivity index (χ0v) is 20.3. The molecule has 1 atom stereocenters. The molecule has 1 aromatic heterocycles. The van der Waals surface area contributed by atoms with Crippen LogP contribution in [0, 0.1) is 11.7 Å². The number of carbonyl (C=O) groups excluding carboxylic acids is 2. The van der Waals surface area contributed by atoms with E-state index in [1.54, 1.807) is 31.2 Å². The number of hydrogen-bond donors (Lipinski definition) is 0. The first-order valence-corrected chi connectivity index (χ1v) is 11.9. The maximum absolute atomic E-state index is 14.6. The number of para-hydroxylation sites is 1. The second-order valence-corrected chi connectivity index (χ2v) is 8.79. The Morgan fingerprint density at radius 3 is 2.67 bits per heavy atom. The smallest absolute Gasteiger partial charge is 0.352 e. The van der Waals surface area contributed by atoms with Gasteiger partial charge in [0.2, 0.25) is 5.69 Å². The molecule has 2 heterocycles. The van der Waals surface area contributed by atoms with E-state index in [0.717, 1.165) is 10.6 Å². The number of nitrogens with zero attached hydrogens (tertiary/aromatic N) is 4. The van der Waals surface area contributed by atoms with Crippen LogP contribution >= 0.6 is 11.6 Å². The molecule has 1 saturated heterocycles. The van der Waals surface area contributed by atoms with Crippen LogP contribution in [-0.4, -0.2) is 50.8 Å². The fourth-order valence-corrected chi connectivity index (χ4v) is 4.36. The average Bonchev–Trinajstić information content (AvgIpc) is 2.87. The van der Waals surface area contributed by atoms with Gasteiger partial charge in [-0.1, -0.05) is 35.9 Å². The van der Waals surface area contributed by atoms with Gasteiger partial charge in [0.1, 0.15) is 11.5 Å². The zero-order valence-electron chi connectivity index (χ0n) is 19.5. The maximum atomic E-state index is 14.6. The lowest BCUT2D eigenvalue weighted by Crippen LogP contribution is -2.49. The van der Waals surface area contributed by atoms with E-state index in [1.165, 1.54) is 23.1 Å². The lowest BCUT2D eigenvalue weighted by atomic mass is 9.98. The van der Waals surface area contributed by atoms with E-state index >= 15 is 0 Å². The number of amides is 1. The van der Waals surface area contributed by atoms with Crippen LogP contribution in [0.1, 0.15) is 35.8 Å². The third-order valence-electron chi connectivity index (χ3n) is 5.90. The minimum absolute atomic E-state index is 0.0475. The predicted octanol–water partition coefficient (Wildman–Crippen LogP) is 2.65. The third kappa shape index (κ3) is 5.23. The van der Waals surface area contributed by atoms with Crippen LogP contribution in [0.5, 0.6) is 0 Å². The molecule has 1 fully saturated rings. The first-order valence-electron chi connectivity index (χ1n) is 11.5. The Bertz CT molecular complexity index is 1420. The van der Waals surface area contributed by atoms with Gasteiger partial charge in [0, 0.05) is 18.1 Å². The summed E-state index contributed by atoms with van der Waals surface area (Å²) in [4.78, 5) is 53.7. The van der Waals surface area contributed by atoms with Crippen molar-refractivity contribution in [2.24, 2.45) is 5.92 Å². The molecule has 1 amide bonds. The van der Waals surface area contributed by atoms with E-state index in [9.17, 15) is 23.6 Å². The molecule has 1 aliphatic heterocycles. The number of aromatic nitrogens is 3. The van der Waals surface area contributed by atoms with Crippen molar-refractivity contribution in [3.05, 3.63) is 91.5 Å². The lowest BCUT2D eigenvalue weighted by molar-refractivity contribution is -0.149. The molecule has 3 aromatic rings. The fourth-order valence-electron chi connectivity index (χ4n) is 4.15. The summed E-state index contributed by atoms with van der Waals surface area (Å²) in [6, 6.07) is 12.0. The lowest BCUT2D eigenvalue weighted by Gasteiger charge is -2.31. The molecule has 11 heteroatoms. The van der Waals surface area contributed by atoms with Crippen LogP contribution < -0.4 is 11.2 Å². The largest absolute Gasteiger partial charge is 0.466 e. The van der Waals surface area contributed by atoms with E-state index in [-0.39, 0.29) is 25.4 Å². The standard InChI is InChI=1S/C25H24ClFN4O5/c1-2-36-24(34)17-8-6-12-29(15-17)22(32)21-23(33)30(14-16-7-5-9-18(26)13-16)25(35)31(28-21)20-11-4-3-10-19(20)27/h3-5,7,9-11,13,17H,2,6,8,12,14-15H2,1H3/t17-/m0/s1. The zero-order chi connectivity index (χ0) is 25.8. The SMILES string of the molecule is CCOC(=O)[C@H]1CCCN(C(=O)c2nn(-c3ccccc3F)c(=O)n(Cc3cccc(Cl)c3)c2=O)C1. The Balaban J connectivity index is 1.80. The number of carbonyl (C=O) groups is 2. The van der Waals surface area contributed by atoms with Gasteiger partial charge in [0.25, 0.3) is 11.5 Å². The number of likely N-dealkylation sites (tertiary alicyclic amines) is 1. The Morgan fingerprint density at radius 1 is 1.17 bits per heavy atom. The Kier molecular flexibility index (Phi) is 7.64. The van der Waals surface area contributed by atoms with Crippen molar-refractivity contribution in [2.75, 3.05) is 19.7 Å². The Hall–Kier alpha value is -3.79. The van der Waals surface area contributed by atoms with Crippen molar-refractivity contribution >= 4 is 23.5 Å². The summed E-state index contributed by atoms with van der Waals surface area (Å²) in [5, 5.41) is 4.40. The first kappa shape index (κ1) is 25.3. The number of esters is 1. The van der Waals surface area contributed by atoms with Crippen LogP contribution in [-0.2, 0) is 16.1 Å². The van der Waals surface area contributed by atoms with Crippen molar-refractivity contribution in [3.63, 3.8) is 0 Å². The highest BCUT2D eigenvalue weighted by Crippen LogP contribution is 2.19. The molecule has 4 rings (SSSR count). The van der Waals surface area contributed by atoms with Gasteiger partial charge in [-0.25, -0.2) is 9.18 Å². The normalized spacial score (nSPS) is 15.5. The van der Waals surface area contributed by atoms with Gasteiger partial charge < -0.3 is 9.64 Å². The van der Waals surface area contributed by atoms with E-state index in [4.69, 9.17) is 16.3 Å². The van der Waals surface area contributed by atoms with Gasteiger partial charge in [0.05, 0.1) is 19.1 Å². The van der Waals surface area contributed by atoms with E-state index < -0.39 is 40.6 Å². The minimum Gasteiger partial charge on any atom is -0.466 e. The molecular formula is C25H24ClFN4O5. The fraction of sp³-hybridized carbons (Fsp3) is 0.320. The van der Waals surface area contributed by atoms with Crippen molar-refractivity contribution in [3.8, 4) is 5.69 Å². The summed E-state index contributed by atoms with van der Waals surface area (Å²) in [5.74, 6) is -2.45. The van der Waals surface area contributed by atoms with Crippen LogP contribution in [0.25, 0.3) is 5.69 Å². The molecule has 9 nitrogen and oxygen atoms in total. The molecule has 0 radical (unpaired) electrons. The van der Waals surface area contributed by atoms with Gasteiger partial charge in [-0.3, -0.25) is 19.0 Å². The van der Waals surface area contributed by atoms with Crippen LogP contribution in [0.2, 0.25) is 5.02 Å². The van der Waals surface area contributed by atoms with Gasteiger partial charge in [-0.2, -0.15) is 9.78 Å². The summed E-state index contributed by atoms with van der Waals surface area (Å²) in [6.07, 6.45) is 1.07. The average molecular weight is 515 g/mol. The van der Waals surface area contributed by atoms with Gasteiger partial charge in [0.15, 0.2) is 0 Å². The molecular weight excluding hydrogens is 491 g/mol. The van der Waals surface area contributed by atoms with E-state index in [0.29, 0.717) is 34.7 Å². The summed E-state index contributed by atoms with van der Waals surface area (Å²) < 4.78 is 21.2. The molecule has 1 aliphatic rings. The highest BCUT2D eigenvalue weighted by atomic mass is 35.5.